The summed E-state index contributed by atoms with van der Waals surface area (Å²) in [7, 11) is 0. The van der Waals surface area contributed by atoms with E-state index in [1.165, 1.54) is 4.90 Å². The second kappa shape index (κ2) is 8.43. The summed E-state index contributed by atoms with van der Waals surface area (Å²) in [6, 6.07) is 14.2. The van der Waals surface area contributed by atoms with E-state index in [0.29, 0.717) is 28.3 Å². The molecule has 0 aromatic heterocycles. The molecule has 4 unspecified atom stereocenters. The molecule has 0 radical (unpaired) electrons. The van der Waals surface area contributed by atoms with Crippen molar-refractivity contribution in [1.82, 2.24) is 4.90 Å². The number of ether oxygens (including phenoxy) is 1. The van der Waals surface area contributed by atoms with Crippen molar-refractivity contribution >= 4 is 23.6 Å². The molecule has 1 aliphatic heterocycles. The number of amides is 2. The van der Waals surface area contributed by atoms with Crippen LogP contribution in [-0.2, 0) is 4.74 Å². The number of imide groups is 1. The van der Waals surface area contributed by atoms with Gasteiger partial charge in [-0.3, -0.25) is 4.79 Å². The van der Waals surface area contributed by atoms with Gasteiger partial charge in [0.2, 0.25) is 0 Å². The second-order valence-electron chi connectivity index (χ2n) is 8.96. The first kappa shape index (κ1) is 20.9. The SMILES string of the molecule is CC1CCC(C(C)C)C(OC(=O)N2C(=O)c3ccccc3C2c2ccc(Cl)cc2)C1. The fourth-order valence-electron chi connectivity index (χ4n) is 4.91. The van der Waals surface area contributed by atoms with E-state index in [1.807, 2.05) is 30.3 Å². The highest BCUT2D eigenvalue weighted by Gasteiger charge is 2.44. The van der Waals surface area contributed by atoms with Crippen LogP contribution in [0, 0.1) is 17.8 Å². The molecule has 0 bridgehead atoms. The van der Waals surface area contributed by atoms with Crippen molar-refractivity contribution in [3.05, 3.63) is 70.2 Å². The smallest absolute Gasteiger partial charge is 0.417 e. The third-order valence-corrected chi connectivity index (χ3v) is 6.81. The van der Waals surface area contributed by atoms with Gasteiger partial charge in [0.05, 0.1) is 6.04 Å². The molecule has 0 N–H and O–H groups in total. The van der Waals surface area contributed by atoms with E-state index in [-0.39, 0.29) is 12.0 Å². The van der Waals surface area contributed by atoms with Gasteiger partial charge in [0.1, 0.15) is 6.10 Å². The minimum absolute atomic E-state index is 0.163. The molecule has 30 heavy (non-hydrogen) atoms. The minimum atomic E-state index is -0.555. The number of hydrogen-bond acceptors (Lipinski definition) is 3. The molecule has 2 amide bonds. The molecule has 2 aromatic rings. The summed E-state index contributed by atoms with van der Waals surface area (Å²) in [5.74, 6) is 0.949. The molecule has 0 spiro atoms. The quantitative estimate of drug-likeness (QED) is 0.565. The Morgan fingerprint density at radius 1 is 1.10 bits per heavy atom. The fourth-order valence-corrected chi connectivity index (χ4v) is 5.04. The largest absolute Gasteiger partial charge is 0.445 e. The summed E-state index contributed by atoms with van der Waals surface area (Å²) in [6.07, 6.45) is 2.32. The Morgan fingerprint density at radius 3 is 2.50 bits per heavy atom. The number of halogens is 1. The third kappa shape index (κ3) is 3.85. The molecule has 1 heterocycles. The van der Waals surface area contributed by atoms with E-state index in [0.717, 1.165) is 30.4 Å². The topological polar surface area (TPSA) is 46.6 Å². The second-order valence-corrected chi connectivity index (χ2v) is 9.40. The van der Waals surface area contributed by atoms with Gasteiger partial charge in [-0.2, -0.15) is 0 Å². The van der Waals surface area contributed by atoms with Crippen LogP contribution < -0.4 is 0 Å². The molecule has 4 rings (SSSR count). The lowest BCUT2D eigenvalue weighted by Gasteiger charge is -2.37. The monoisotopic (exact) mass is 425 g/mol. The number of carbonyl (C=O) groups excluding carboxylic acids is 2. The molecule has 2 aliphatic rings. The van der Waals surface area contributed by atoms with Gasteiger partial charge in [0.25, 0.3) is 5.91 Å². The van der Waals surface area contributed by atoms with Crippen molar-refractivity contribution in [1.29, 1.82) is 0 Å². The van der Waals surface area contributed by atoms with Gasteiger partial charge in [-0.1, -0.05) is 69.1 Å². The normalized spacial score (nSPS) is 26.0. The average Bonchev–Trinajstić information content (AvgIpc) is 3.01. The molecule has 1 fully saturated rings. The number of carbonyl (C=O) groups is 2. The van der Waals surface area contributed by atoms with Crippen LogP contribution in [0.2, 0.25) is 5.02 Å². The fraction of sp³-hybridized carbons (Fsp3) is 0.440. The Kier molecular flexibility index (Phi) is 5.88. The Hall–Kier alpha value is -2.33. The molecule has 4 nitrogen and oxygen atoms in total. The Morgan fingerprint density at radius 2 is 1.80 bits per heavy atom. The summed E-state index contributed by atoms with van der Waals surface area (Å²) in [6.45, 7) is 6.55. The predicted molar refractivity (Wildman–Crippen MR) is 118 cm³/mol. The Balaban J connectivity index is 1.66. The van der Waals surface area contributed by atoms with Crippen LogP contribution in [0.1, 0.15) is 67.6 Å². The first-order chi connectivity index (χ1) is 14.4. The molecule has 158 valence electrons. The molecule has 1 aliphatic carbocycles. The number of benzene rings is 2. The standard InChI is InChI=1S/C25H28ClNO3/c1-15(2)19-13-8-16(3)14-22(19)30-25(29)27-23(17-9-11-18(26)12-10-17)20-6-4-5-7-21(20)24(27)28/h4-7,9-12,15-16,19,22-23H,8,13-14H2,1-3H3. The minimum Gasteiger partial charge on any atom is -0.445 e. The molecule has 4 atom stereocenters. The van der Waals surface area contributed by atoms with Crippen LogP contribution in [0.25, 0.3) is 0 Å². The maximum absolute atomic E-state index is 13.4. The van der Waals surface area contributed by atoms with Crippen molar-refractivity contribution < 1.29 is 14.3 Å². The molecular formula is C25H28ClNO3. The number of nitrogens with zero attached hydrogens (tertiary/aromatic N) is 1. The highest BCUT2D eigenvalue weighted by Crippen LogP contribution is 2.41. The van der Waals surface area contributed by atoms with Gasteiger partial charge < -0.3 is 4.74 Å². The van der Waals surface area contributed by atoms with E-state index in [9.17, 15) is 9.59 Å². The van der Waals surface area contributed by atoms with Gasteiger partial charge >= 0.3 is 6.09 Å². The maximum atomic E-state index is 13.4. The van der Waals surface area contributed by atoms with E-state index in [2.05, 4.69) is 20.8 Å². The first-order valence-corrected chi connectivity index (χ1v) is 11.1. The predicted octanol–water partition coefficient (Wildman–Crippen LogP) is 6.48. The zero-order chi connectivity index (χ0) is 21.4. The molecule has 5 heteroatoms. The third-order valence-electron chi connectivity index (χ3n) is 6.56. The van der Waals surface area contributed by atoms with Crippen LogP contribution in [-0.4, -0.2) is 23.0 Å². The molecule has 2 aromatic carbocycles. The summed E-state index contributed by atoms with van der Waals surface area (Å²) in [4.78, 5) is 27.9. The number of hydrogen-bond donors (Lipinski definition) is 0. The Bertz CT molecular complexity index is 940. The average molecular weight is 426 g/mol. The van der Waals surface area contributed by atoms with Crippen LogP contribution in [0.3, 0.4) is 0 Å². The van der Waals surface area contributed by atoms with E-state index in [1.54, 1.807) is 18.2 Å². The van der Waals surface area contributed by atoms with Crippen molar-refractivity contribution in [2.24, 2.45) is 17.8 Å². The van der Waals surface area contributed by atoms with Crippen molar-refractivity contribution in [2.45, 2.75) is 52.2 Å². The van der Waals surface area contributed by atoms with Crippen LogP contribution in [0.15, 0.2) is 48.5 Å². The summed E-state index contributed by atoms with van der Waals surface area (Å²) in [5.41, 5.74) is 2.21. The number of fused-ring (bicyclic) bond motifs is 1. The van der Waals surface area contributed by atoms with E-state index >= 15 is 0 Å². The van der Waals surface area contributed by atoms with E-state index < -0.39 is 12.1 Å². The molecule has 1 saturated carbocycles. The molecular weight excluding hydrogens is 398 g/mol. The number of rotatable bonds is 3. The van der Waals surface area contributed by atoms with Gasteiger partial charge in [-0.25, -0.2) is 9.69 Å². The van der Waals surface area contributed by atoms with Gasteiger partial charge in [0, 0.05) is 10.6 Å². The maximum Gasteiger partial charge on any atom is 0.417 e. The van der Waals surface area contributed by atoms with E-state index in [4.69, 9.17) is 16.3 Å². The van der Waals surface area contributed by atoms with Crippen LogP contribution >= 0.6 is 11.6 Å². The van der Waals surface area contributed by atoms with Crippen LogP contribution in [0.5, 0.6) is 0 Å². The van der Waals surface area contributed by atoms with Gasteiger partial charge in [-0.15, -0.1) is 0 Å². The lowest BCUT2D eigenvalue weighted by molar-refractivity contribution is -0.01000. The van der Waals surface area contributed by atoms with Crippen molar-refractivity contribution in [3.63, 3.8) is 0 Å². The van der Waals surface area contributed by atoms with Gasteiger partial charge in [-0.05, 0) is 59.9 Å². The van der Waals surface area contributed by atoms with Crippen molar-refractivity contribution in [2.75, 3.05) is 0 Å². The zero-order valence-electron chi connectivity index (χ0n) is 17.7. The molecule has 0 saturated heterocycles. The Labute approximate surface area is 183 Å². The zero-order valence-corrected chi connectivity index (χ0v) is 18.4. The summed E-state index contributed by atoms with van der Waals surface area (Å²) >= 11 is 6.06. The highest BCUT2D eigenvalue weighted by atomic mass is 35.5. The highest BCUT2D eigenvalue weighted by molar-refractivity contribution is 6.30. The lowest BCUT2D eigenvalue weighted by atomic mass is 9.75. The van der Waals surface area contributed by atoms with Crippen LogP contribution in [0.4, 0.5) is 4.79 Å². The lowest BCUT2D eigenvalue weighted by Crippen LogP contribution is -2.42. The summed E-state index contributed by atoms with van der Waals surface area (Å²) < 4.78 is 6.04. The van der Waals surface area contributed by atoms with Gasteiger partial charge in [0.15, 0.2) is 0 Å². The van der Waals surface area contributed by atoms with Crippen molar-refractivity contribution in [3.8, 4) is 0 Å². The first-order valence-electron chi connectivity index (χ1n) is 10.8. The summed E-state index contributed by atoms with van der Waals surface area (Å²) in [5, 5.41) is 0.612.